The molecule has 2 fully saturated rings. The number of likely N-dealkylation sites (tertiary alicyclic amines) is 1. The largest absolute Gasteiger partial charge is 0.340 e. The monoisotopic (exact) mass is 426 g/mol. The Morgan fingerprint density at radius 1 is 1.10 bits per heavy atom. The molecule has 0 atom stereocenters. The molecule has 9 heteroatoms. The number of para-hydroxylation sites is 1. The number of hydroxylamine groups is 1. The van der Waals surface area contributed by atoms with E-state index in [4.69, 9.17) is 5.21 Å². The van der Waals surface area contributed by atoms with Gasteiger partial charge in [-0.15, -0.1) is 12.4 Å². The minimum absolute atomic E-state index is 0. The predicted octanol–water partition coefficient (Wildman–Crippen LogP) is 2.28. The Hall–Kier alpha value is -2.81. The number of nitrogens with one attached hydrogen (secondary N) is 1. The van der Waals surface area contributed by atoms with Gasteiger partial charge in [-0.05, 0) is 24.1 Å². The third kappa shape index (κ3) is 3.81. The Bertz CT molecular complexity index is 1050. The summed E-state index contributed by atoms with van der Waals surface area (Å²) in [5.74, 6) is 0.0285. The fourth-order valence-corrected chi connectivity index (χ4v) is 4.51. The number of pyridine rings is 1. The van der Waals surface area contributed by atoms with Crippen LogP contribution in [0, 0.1) is 5.41 Å². The van der Waals surface area contributed by atoms with Crippen molar-refractivity contribution < 1.29 is 10.0 Å². The van der Waals surface area contributed by atoms with E-state index in [-0.39, 0.29) is 23.4 Å². The Kier molecular flexibility index (Phi) is 5.55. The Morgan fingerprint density at radius 2 is 1.87 bits per heavy atom. The SMILES string of the molecule is Cl.O=C(NO)c1cnc(N2CCC3(CN(Cc4cnc5ccccc5c4)C3)C2)nc1. The first-order valence-electron chi connectivity index (χ1n) is 9.72. The summed E-state index contributed by atoms with van der Waals surface area (Å²) in [6.45, 7) is 4.87. The number of aromatic nitrogens is 3. The maximum atomic E-state index is 11.4. The van der Waals surface area contributed by atoms with Crippen molar-refractivity contribution in [1.29, 1.82) is 0 Å². The van der Waals surface area contributed by atoms with Crippen LogP contribution in [0.15, 0.2) is 48.9 Å². The third-order valence-electron chi connectivity index (χ3n) is 5.89. The summed E-state index contributed by atoms with van der Waals surface area (Å²) >= 11 is 0. The highest BCUT2D eigenvalue weighted by Crippen LogP contribution is 2.41. The molecule has 156 valence electrons. The predicted molar refractivity (Wildman–Crippen MR) is 115 cm³/mol. The number of fused-ring (bicyclic) bond motifs is 1. The van der Waals surface area contributed by atoms with E-state index in [0.717, 1.165) is 44.7 Å². The number of benzene rings is 1. The van der Waals surface area contributed by atoms with Gasteiger partial charge < -0.3 is 4.90 Å². The molecule has 0 unspecified atom stereocenters. The maximum Gasteiger partial charge on any atom is 0.277 e. The molecule has 4 heterocycles. The number of rotatable bonds is 4. The van der Waals surface area contributed by atoms with Crippen LogP contribution in [0.4, 0.5) is 5.95 Å². The minimum Gasteiger partial charge on any atom is -0.340 e. The lowest BCUT2D eigenvalue weighted by Crippen LogP contribution is -2.56. The van der Waals surface area contributed by atoms with Gasteiger partial charge in [-0.2, -0.15) is 0 Å². The summed E-state index contributed by atoms with van der Waals surface area (Å²) in [5, 5.41) is 9.87. The van der Waals surface area contributed by atoms with Crippen LogP contribution in [0.25, 0.3) is 10.9 Å². The van der Waals surface area contributed by atoms with Crippen LogP contribution in [0.5, 0.6) is 0 Å². The van der Waals surface area contributed by atoms with Crippen LogP contribution < -0.4 is 10.4 Å². The average Bonchev–Trinajstić information content (AvgIpc) is 3.18. The van der Waals surface area contributed by atoms with Crippen LogP contribution in [-0.2, 0) is 6.54 Å². The van der Waals surface area contributed by atoms with Crippen molar-refractivity contribution in [3.8, 4) is 0 Å². The molecular formula is C21H23ClN6O2. The van der Waals surface area contributed by atoms with Gasteiger partial charge in [0.25, 0.3) is 5.91 Å². The lowest BCUT2D eigenvalue weighted by molar-refractivity contribution is 0.0116. The van der Waals surface area contributed by atoms with Crippen molar-refractivity contribution in [3.63, 3.8) is 0 Å². The quantitative estimate of drug-likeness (QED) is 0.488. The van der Waals surface area contributed by atoms with Crippen molar-refractivity contribution >= 4 is 35.2 Å². The second-order valence-corrected chi connectivity index (χ2v) is 8.07. The standard InChI is InChI=1S/C21H22N6O2.ClH/c28-19(25-29)17-9-23-20(24-10-17)27-6-5-21(14-27)12-26(13-21)11-15-7-16-3-1-2-4-18(16)22-8-15;/h1-4,7-10,29H,5-6,11-14H2,(H,25,28);1H. The zero-order valence-corrected chi connectivity index (χ0v) is 17.2. The normalized spacial score (nSPS) is 17.6. The highest BCUT2D eigenvalue weighted by molar-refractivity contribution is 5.92. The number of carbonyl (C=O) groups excluding carboxylic acids is 1. The highest BCUT2D eigenvalue weighted by Gasteiger charge is 2.47. The lowest BCUT2D eigenvalue weighted by atomic mass is 9.79. The molecule has 2 aliphatic rings. The fraction of sp³-hybridized carbons (Fsp3) is 0.333. The number of hydrogen-bond donors (Lipinski definition) is 2. The number of amides is 1. The second-order valence-electron chi connectivity index (χ2n) is 8.07. The number of anilines is 1. The zero-order chi connectivity index (χ0) is 19.8. The van der Waals surface area contributed by atoms with Gasteiger partial charge in [0.2, 0.25) is 5.95 Å². The first-order chi connectivity index (χ1) is 14.1. The molecule has 2 aliphatic heterocycles. The van der Waals surface area contributed by atoms with Crippen molar-refractivity contribution in [1.82, 2.24) is 25.3 Å². The molecule has 5 rings (SSSR count). The highest BCUT2D eigenvalue weighted by atomic mass is 35.5. The van der Waals surface area contributed by atoms with Gasteiger partial charge in [0, 0.05) is 62.1 Å². The summed E-state index contributed by atoms with van der Waals surface area (Å²) in [4.78, 5) is 29.2. The van der Waals surface area contributed by atoms with E-state index in [1.807, 2.05) is 24.4 Å². The molecule has 1 amide bonds. The fourth-order valence-electron chi connectivity index (χ4n) is 4.51. The van der Waals surface area contributed by atoms with E-state index in [1.165, 1.54) is 23.3 Å². The molecule has 2 aromatic heterocycles. The van der Waals surface area contributed by atoms with Gasteiger partial charge in [0.05, 0.1) is 11.1 Å². The van der Waals surface area contributed by atoms with Crippen molar-refractivity contribution in [2.45, 2.75) is 13.0 Å². The maximum absolute atomic E-state index is 11.4. The lowest BCUT2D eigenvalue weighted by Gasteiger charge is -2.48. The molecule has 30 heavy (non-hydrogen) atoms. The molecule has 1 spiro atoms. The molecule has 0 aliphatic carbocycles. The Balaban J connectivity index is 0.00000218. The molecule has 3 aromatic rings. The number of hydrogen-bond acceptors (Lipinski definition) is 7. The Morgan fingerprint density at radius 3 is 2.63 bits per heavy atom. The van der Waals surface area contributed by atoms with Gasteiger partial charge in [0.15, 0.2) is 0 Å². The van der Waals surface area contributed by atoms with E-state index in [0.29, 0.717) is 5.95 Å². The van der Waals surface area contributed by atoms with Gasteiger partial charge >= 0.3 is 0 Å². The van der Waals surface area contributed by atoms with E-state index < -0.39 is 5.91 Å². The number of halogens is 1. The van der Waals surface area contributed by atoms with E-state index in [9.17, 15) is 4.79 Å². The molecule has 8 nitrogen and oxygen atoms in total. The molecular weight excluding hydrogens is 404 g/mol. The number of carbonyl (C=O) groups is 1. The van der Waals surface area contributed by atoms with E-state index in [2.05, 4.69) is 36.9 Å². The van der Waals surface area contributed by atoms with Gasteiger partial charge in [-0.1, -0.05) is 18.2 Å². The smallest absolute Gasteiger partial charge is 0.277 e. The van der Waals surface area contributed by atoms with Crippen LogP contribution >= 0.6 is 12.4 Å². The molecule has 2 saturated heterocycles. The molecule has 1 aromatic carbocycles. The third-order valence-corrected chi connectivity index (χ3v) is 5.89. The molecule has 0 saturated carbocycles. The van der Waals surface area contributed by atoms with Crippen LogP contribution in [-0.4, -0.2) is 57.1 Å². The first kappa shape index (κ1) is 20.5. The van der Waals surface area contributed by atoms with Crippen molar-refractivity contribution in [2.75, 3.05) is 31.1 Å². The Labute approximate surface area is 180 Å². The zero-order valence-electron chi connectivity index (χ0n) is 16.4. The van der Waals surface area contributed by atoms with Crippen LogP contribution in [0.3, 0.4) is 0 Å². The minimum atomic E-state index is -0.604. The summed E-state index contributed by atoms with van der Waals surface area (Å²) in [6.07, 6.45) is 5.98. The van der Waals surface area contributed by atoms with Crippen molar-refractivity contribution in [3.05, 3.63) is 60.0 Å². The topological polar surface area (TPSA) is 94.5 Å². The summed E-state index contributed by atoms with van der Waals surface area (Å²) in [5.41, 5.74) is 4.40. The van der Waals surface area contributed by atoms with E-state index in [1.54, 1.807) is 5.48 Å². The molecule has 0 radical (unpaired) electrons. The van der Waals surface area contributed by atoms with Gasteiger partial charge in [-0.25, -0.2) is 15.4 Å². The summed E-state index contributed by atoms with van der Waals surface area (Å²) in [7, 11) is 0. The number of nitrogens with zero attached hydrogens (tertiary/aromatic N) is 5. The van der Waals surface area contributed by atoms with Gasteiger partial charge in [0.1, 0.15) is 0 Å². The van der Waals surface area contributed by atoms with Crippen molar-refractivity contribution in [2.24, 2.45) is 5.41 Å². The second kappa shape index (κ2) is 8.14. The first-order valence-corrected chi connectivity index (χ1v) is 9.72. The van der Waals surface area contributed by atoms with E-state index >= 15 is 0 Å². The summed E-state index contributed by atoms with van der Waals surface area (Å²) in [6, 6.07) is 10.4. The van der Waals surface area contributed by atoms with Crippen LogP contribution in [0.2, 0.25) is 0 Å². The molecule has 2 N–H and O–H groups in total. The molecule has 0 bridgehead atoms. The van der Waals surface area contributed by atoms with Gasteiger partial charge in [-0.3, -0.25) is 19.9 Å². The average molecular weight is 427 g/mol. The summed E-state index contributed by atoms with van der Waals surface area (Å²) < 4.78 is 0. The van der Waals surface area contributed by atoms with Crippen LogP contribution in [0.1, 0.15) is 22.3 Å².